The van der Waals surface area contributed by atoms with Crippen LogP contribution in [0.3, 0.4) is 0 Å². The number of hydrogen-bond donors (Lipinski definition) is 3. The largest absolute Gasteiger partial charge is 0.507 e. The van der Waals surface area contributed by atoms with E-state index in [0.29, 0.717) is 22.8 Å². The molecule has 0 unspecified atom stereocenters. The van der Waals surface area contributed by atoms with Gasteiger partial charge in [-0.05, 0) is 25.1 Å². The first-order valence-corrected chi connectivity index (χ1v) is 7.13. The number of nitrogens with zero attached hydrogens (tertiary/aromatic N) is 2. The summed E-state index contributed by atoms with van der Waals surface area (Å²) >= 11 is 4.68. The van der Waals surface area contributed by atoms with E-state index in [1.54, 1.807) is 18.2 Å². The lowest BCUT2D eigenvalue weighted by molar-refractivity contribution is 0.442. The van der Waals surface area contributed by atoms with Crippen LogP contribution < -0.4 is 5.73 Å². The van der Waals surface area contributed by atoms with Crippen molar-refractivity contribution in [2.45, 2.75) is 26.2 Å². The molecule has 2 aromatic carbocycles. The first-order valence-electron chi connectivity index (χ1n) is 6.73. The maximum atomic E-state index is 10.4. The van der Waals surface area contributed by atoms with Gasteiger partial charge in [0, 0.05) is 16.3 Å². The fourth-order valence-corrected chi connectivity index (χ4v) is 2.27. The van der Waals surface area contributed by atoms with E-state index in [9.17, 15) is 10.2 Å². The van der Waals surface area contributed by atoms with Crippen molar-refractivity contribution in [3.8, 4) is 11.5 Å². The predicted molar refractivity (Wildman–Crippen MR) is 87.2 cm³/mol. The van der Waals surface area contributed by atoms with Crippen molar-refractivity contribution in [3.63, 3.8) is 0 Å². The Morgan fingerprint density at radius 2 is 1.86 bits per heavy atom. The number of fused-ring (bicyclic) bond motifs is 1. The van der Waals surface area contributed by atoms with Crippen molar-refractivity contribution in [3.05, 3.63) is 29.8 Å². The number of aromatic hydroxyl groups is 2. The molecule has 2 aromatic rings. The van der Waals surface area contributed by atoms with Gasteiger partial charge in [0.15, 0.2) is 5.75 Å². The average molecular weight is 303 g/mol. The molecule has 0 radical (unpaired) electrons. The standard InChI is InChI=1S/C15H17N3O2S/c1-2-3-6-11-13(19)10-8-5-4-7-9(10)12(14(11)20)17-18-15(16)21/h4-5,7-8,19-20H,2-3,6H2,1H3,(H2,16,21). The van der Waals surface area contributed by atoms with Gasteiger partial charge in [0.05, 0.1) is 0 Å². The van der Waals surface area contributed by atoms with Crippen LogP contribution in [-0.4, -0.2) is 15.3 Å². The molecule has 5 nitrogen and oxygen atoms in total. The van der Waals surface area contributed by atoms with Crippen LogP contribution in [0.4, 0.5) is 5.69 Å². The maximum absolute atomic E-state index is 10.4. The van der Waals surface area contributed by atoms with Gasteiger partial charge < -0.3 is 15.9 Å². The summed E-state index contributed by atoms with van der Waals surface area (Å²) in [6.45, 7) is 2.04. The minimum absolute atomic E-state index is 0.0698. The van der Waals surface area contributed by atoms with Crippen molar-refractivity contribution in [2.75, 3.05) is 0 Å². The quantitative estimate of drug-likeness (QED) is 0.589. The molecule has 0 spiro atoms. The molecule has 0 aliphatic carbocycles. The molecule has 0 aromatic heterocycles. The van der Waals surface area contributed by atoms with Gasteiger partial charge in [-0.2, -0.15) is 0 Å². The number of benzene rings is 2. The Hall–Kier alpha value is -2.21. The highest BCUT2D eigenvalue weighted by atomic mass is 32.1. The minimum Gasteiger partial charge on any atom is -0.507 e. The summed E-state index contributed by atoms with van der Waals surface area (Å²) in [5.74, 6) is 0.0190. The third-order valence-electron chi connectivity index (χ3n) is 3.26. The van der Waals surface area contributed by atoms with Gasteiger partial charge >= 0.3 is 0 Å². The van der Waals surface area contributed by atoms with Crippen LogP contribution in [0.25, 0.3) is 10.8 Å². The Morgan fingerprint density at radius 1 is 1.19 bits per heavy atom. The summed E-state index contributed by atoms with van der Waals surface area (Å²) in [6, 6.07) is 7.15. The van der Waals surface area contributed by atoms with E-state index in [1.807, 2.05) is 13.0 Å². The molecule has 0 bridgehead atoms. The molecule has 2 rings (SSSR count). The summed E-state index contributed by atoms with van der Waals surface area (Å²) in [5, 5.41) is 29.5. The highest BCUT2D eigenvalue weighted by Crippen LogP contribution is 2.45. The monoisotopic (exact) mass is 303 g/mol. The molecule has 21 heavy (non-hydrogen) atoms. The number of hydrogen-bond acceptors (Lipinski definition) is 4. The van der Waals surface area contributed by atoms with Gasteiger partial charge in [0.25, 0.3) is 0 Å². The van der Waals surface area contributed by atoms with Crippen LogP contribution in [-0.2, 0) is 6.42 Å². The molecule has 0 fully saturated rings. The van der Waals surface area contributed by atoms with Crippen LogP contribution in [0, 0.1) is 0 Å². The van der Waals surface area contributed by atoms with Gasteiger partial charge in [-0.3, -0.25) is 0 Å². The molecule has 0 saturated heterocycles. The third kappa shape index (κ3) is 3.11. The Morgan fingerprint density at radius 3 is 2.48 bits per heavy atom. The van der Waals surface area contributed by atoms with Crippen LogP contribution in [0.1, 0.15) is 25.3 Å². The second-order valence-corrected chi connectivity index (χ2v) is 5.13. The molecular formula is C15H17N3O2S. The number of thiocarbonyl (C=S) groups is 1. The zero-order valence-corrected chi connectivity index (χ0v) is 12.5. The number of azo groups is 1. The fourth-order valence-electron chi connectivity index (χ4n) is 2.23. The predicted octanol–water partition coefficient (Wildman–Crippen LogP) is 3.92. The maximum Gasteiger partial charge on any atom is 0.211 e. The Labute approximate surface area is 128 Å². The number of phenolic OH excluding ortho intramolecular Hbond substituents is 2. The van der Waals surface area contributed by atoms with Crippen molar-refractivity contribution >= 4 is 33.8 Å². The lowest BCUT2D eigenvalue weighted by Crippen LogP contribution is -2.01. The molecule has 0 atom stereocenters. The van der Waals surface area contributed by atoms with Gasteiger partial charge in [-0.25, -0.2) is 0 Å². The van der Waals surface area contributed by atoms with Crippen LogP contribution >= 0.6 is 12.2 Å². The first kappa shape index (κ1) is 15.2. The van der Waals surface area contributed by atoms with Gasteiger partial charge in [-0.15, -0.1) is 10.2 Å². The first-order chi connectivity index (χ1) is 10.1. The fraction of sp³-hybridized carbons (Fsp3) is 0.267. The summed E-state index contributed by atoms with van der Waals surface area (Å²) in [7, 11) is 0. The summed E-state index contributed by atoms with van der Waals surface area (Å²) in [6.07, 6.45) is 2.37. The van der Waals surface area contributed by atoms with E-state index < -0.39 is 0 Å². The van der Waals surface area contributed by atoms with E-state index in [4.69, 9.17) is 5.73 Å². The van der Waals surface area contributed by atoms with Crippen LogP contribution in [0.15, 0.2) is 34.5 Å². The zero-order chi connectivity index (χ0) is 15.4. The van der Waals surface area contributed by atoms with E-state index in [2.05, 4.69) is 22.4 Å². The van der Waals surface area contributed by atoms with Crippen molar-refractivity contribution < 1.29 is 10.2 Å². The molecule has 0 heterocycles. The molecule has 0 saturated carbocycles. The van der Waals surface area contributed by atoms with Crippen LogP contribution in [0.2, 0.25) is 0 Å². The highest BCUT2D eigenvalue weighted by Gasteiger charge is 2.18. The van der Waals surface area contributed by atoms with Crippen molar-refractivity contribution in [1.82, 2.24) is 0 Å². The van der Waals surface area contributed by atoms with Crippen molar-refractivity contribution in [2.24, 2.45) is 16.0 Å². The molecule has 4 N–H and O–H groups in total. The molecule has 6 heteroatoms. The molecule has 0 aliphatic heterocycles. The second-order valence-electron chi connectivity index (χ2n) is 4.71. The number of phenols is 2. The van der Waals surface area contributed by atoms with Gasteiger partial charge in [-0.1, -0.05) is 37.6 Å². The van der Waals surface area contributed by atoms with E-state index in [1.165, 1.54) is 0 Å². The highest BCUT2D eigenvalue weighted by molar-refractivity contribution is 7.80. The van der Waals surface area contributed by atoms with Gasteiger partial charge in [0.2, 0.25) is 5.11 Å². The Balaban J connectivity index is 2.71. The van der Waals surface area contributed by atoms with E-state index >= 15 is 0 Å². The molecule has 0 amide bonds. The zero-order valence-electron chi connectivity index (χ0n) is 11.7. The molecule has 0 aliphatic rings. The summed E-state index contributed by atoms with van der Waals surface area (Å²) in [4.78, 5) is 0. The Kier molecular flexibility index (Phi) is 4.70. The van der Waals surface area contributed by atoms with Gasteiger partial charge in [0.1, 0.15) is 11.4 Å². The smallest absolute Gasteiger partial charge is 0.211 e. The number of rotatable bonds is 4. The molecular weight excluding hydrogens is 286 g/mol. The van der Waals surface area contributed by atoms with Crippen molar-refractivity contribution in [1.29, 1.82) is 0 Å². The lowest BCUT2D eigenvalue weighted by atomic mass is 9.98. The Bertz CT molecular complexity index is 714. The average Bonchev–Trinajstić information content (AvgIpc) is 2.47. The third-order valence-corrected chi connectivity index (χ3v) is 3.34. The number of nitrogens with two attached hydrogens (primary N) is 1. The van der Waals surface area contributed by atoms with E-state index in [0.717, 1.165) is 12.8 Å². The second kappa shape index (κ2) is 6.49. The topological polar surface area (TPSA) is 91.2 Å². The van der Waals surface area contributed by atoms with Crippen LogP contribution in [0.5, 0.6) is 11.5 Å². The van der Waals surface area contributed by atoms with E-state index in [-0.39, 0.29) is 22.3 Å². The molecule has 110 valence electrons. The number of unbranched alkanes of at least 4 members (excludes halogenated alkanes) is 1. The SMILES string of the molecule is CCCCc1c(O)c(N=NC(N)=S)c2ccccc2c1O. The minimum atomic E-state index is -0.110. The normalized spacial score (nSPS) is 11.3. The summed E-state index contributed by atoms with van der Waals surface area (Å²) in [5.41, 5.74) is 6.08. The summed E-state index contributed by atoms with van der Waals surface area (Å²) < 4.78 is 0. The lowest BCUT2D eigenvalue weighted by Gasteiger charge is -2.13.